The van der Waals surface area contributed by atoms with E-state index < -0.39 is 26.1 Å². The molecule has 0 aliphatic carbocycles. The number of rotatable bonds is 11. The number of aliphatic hydroxyl groups excluding tert-OH is 1. The predicted molar refractivity (Wildman–Crippen MR) is 174 cm³/mol. The smallest absolute Gasteiger partial charge is 0.338 e. The summed E-state index contributed by atoms with van der Waals surface area (Å²) >= 11 is 0. The van der Waals surface area contributed by atoms with Crippen LogP contribution in [0.5, 0.6) is 0 Å². The van der Waals surface area contributed by atoms with Gasteiger partial charge >= 0.3 is 5.97 Å². The van der Waals surface area contributed by atoms with Gasteiger partial charge in [0.15, 0.2) is 5.79 Å². The molecular formula is C36H50O5Si. The fourth-order valence-corrected chi connectivity index (χ4v) is 5.89. The summed E-state index contributed by atoms with van der Waals surface area (Å²) in [6, 6.07) is 15.3. The lowest BCUT2D eigenvalue weighted by atomic mass is 9.89. The fraction of sp³-hybridized carbons (Fsp3) is 0.528. The van der Waals surface area contributed by atoms with Crippen LogP contribution in [0.1, 0.15) is 66.7 Å². The van der Waals surface area contributed by atoms with Gasteiger partial charge in [-0.15, -0.1) is 0 Å². The maximum absolute atomic E-state index is 13.1. The van der Waals surface area contributed by atoms with Gasteiger partial charge in [0.1, 0.15) is 12.2 Å². The lowest BCUT2D eigenvalue weighted by Crippen LogP contribution is -2.34. The molecule has 0 radical (unpaired) electrons. The topological polar surface area (TPSA) is 65.0 Å². The highest BCUT2D eigenvalue weighted by molar-refractivity contribution is 6.76. The summed E-state index contributed by atoms with van der Waals surface area (Å²) < 4.78 is 18.0. The van der Waals surface area contributed by atoms with E-state index in [1.807, 2.05) is 70.2 Å². The summed E-state index contributed by atoms with van der Waals surface area (Å²) in [6.07, 6.45) is 3.31. The van der Waals surface area contributed by atoms with Gasteiger partial charge < -0.3 is 19.3 Å². The molecule has 5 nitrogen and oxygen atoms in total. The fourth-order valence-electron chi connectivity index (χ4n) is 5.17. The largest absolute Gasteiger partial charge is 0.462 e. The van der Waals surface area contributed by atoms with Crippen molar-refractivity contribution >= 4 is 20.1 Å². The van der Waals surface area contributed by atoms with E-state index in [0.717, 1.165) is 29.2 Å². The Balaban J connectivity index is 1.74. The lowest BCUT2D eigenvalue weighted by Gasteiger charge is -2.19. The van der Waals surface area contributed by atoms with Crippen molar-refractivity contribution in [3.05, 3.63) is 76.4 Å². The van der Waals surface area contributed by atoms with Crippen LogP contribution in [-0.2, 0) is 20.6 Å². The zero-order chi connectivity index (χ0) is 31.1. The van der Waals surface area contributed by atoms with Crippen molar-refractivity contribution in [2.24, 2.45) is 11.8 Å². The van der Waals surface area contributed by atoms with Crippen LogP contribution >= 0.6 is 0 Å². The summed E-state index contributed by atoms with van der Waals surface area (Å²) in [5.74, 6) is 5.76. The highest BCUT2D eigenvalue weighted by atomic mass is 28.3. The van der Waals surface area contributed by atoms with Crippen molar-refractivity contribution in [2.75, 3.05) is 6.61 Å². The van der Waals surface area contributed by atoms with Gasteiger partial charge in [0.25, 0.3) is 0 Å². The third kappa shape index (κ3) is 10.2. The monoisotopic (exact) mass is 590 g/mol. The zero-order valence-electron chi connectivity index (χ0n) is 27.0. The van der Waals surface area contributed by atoms with Crippen LogP contribution in [0.15, 0.2) is 48.5 Å². The van der Waals surface area contributed by atoms with E-state index in [1.54, 1.807) is 0 Å². The number of hydrogen-bond donors (Lipinski definition) is 1. The number of ether oxygens (including phenoxy) is 3. The molecule has 4 atom stereocenters. The average molecular weight is 591 g/mol. The first-order chi connectivity index (χ1) is 19.6. The van der Waals surface area contributed by atoms with Crippen LogP contribution in [0.25, 0.3) is 6.08 Å². The second-order valence-corrected chi connectivity index (χ2v) is 19.2. The molecule has 3 rings (SSSR count). The molecule has 6 heteroatoms. The Morgan fingerprint density at radius 2 is 1.79 bits per heavy atom. The van der Waals surface area contributed by atoms with Crippen LogP contribution in [0.4, 0.5) is 0 Å². The Morgan fingerprint density at radius 1 is 1.10 bits per heavy atom. The molecule has 2 aromatic rings. The highest BCUT2D eigenvalue weighted by Crippen LogP contribution is 2.32. The molecule has 0 bridgehead atoms. The van der Waals surface area contributed by atoms with Crippen molar-refractivity contribution in [1.82, 2.24) is 0 Å². The van der Waals surface area contributed by atoms with Gasteiger partial charge in [0.2, 0.25) is 0 Å². The summed E-state index contributed by atoms with van der Waals surface area (Å²) in [6.45, 7) is 19.2. The molecule has 1 aliphatic rings. The van der Waals surface area contributed by atoms with Crippen molar-refractivity contribution in [3.63, 3.8) is 0 Å². The van der Waals surface area contributed by atoms with Gasteiger partial charge in [0.05, 0.1) is 18.3 Å². The van der Waals surface area contributed by atoms with Crippen molar-refractivity contribution < 1.29 is 24.1 Å². The minimum atomic E-state index is -1.31. The normalized spacial score (nSPS) is 19.9. The Hall–Kier alpha value is -2.69. The maximum atomic E-state index is 13.1. The molecule has 1 aliphatic heterocycles. The van der Waals surface area contributed by atoms with Gasteiger partial charge in [-0.1, -0.05) is 106 Å². The first kappa shape index (κ1) is 33.8. The minimum Gasteiger partial charge on any atom is -0.462 e. The van der Waals surface area contributed by atoms with E-state index in [2.05, 4.69) is 57.5 Å². The van der Waals surface area contributed by atoms with Crippen molar-refractivity contribution in [1.29, 1.82) is 0 Å². The summed E-state index contributed by atoms with van der Waals surface area (Å²) in [5, 5.41) is 11.1. The van der Waals surface area contributed by atoms with Crippen LogP contribution in [0.3, 0.4) is 0 Å². The molecule has 0 amide bonds. The van der Waals surface area contributed by atoms with E-state index in [4.69, 9.17) is 14.2 Å². The molecule has 0 spiro atoms. The summed E-state index contributed by atoms with van der Waals surface area (Å²) in [5.41, 5.74) is 4.62. The van der Waals surface area contributed by atoms with Gasteiger partial charge in [0, 0.05) is 14.0 Å². The molecule has 228 valence electrons. The summed E-state index contributed by atoms with van der Waals surface area (Å²) in [4.78, 5) is 13.1. The molecule has 0 saturated carbocycles. The zero-order valence-corrected chi connectivity index (χ0v) is 28.0. The second-order valence-electron chi connectivity index (χ2n) is 13.5. The Bertz CT molecular complexity index is 1280. The van der Waals surface area contributed by atoms with E-state index in [0.29, 0.717) is 24.5 Å². The van der Waals surface area contributed by atoms with Crippen LogP contribution in [0.2, 0.25) is 25.7 Å². The minimum absolute atomic E-state index is 0.115. The molecular weight excluding hydrogens is 540 g/mol. The SMILES string of the molecule is Cc1cc(C)c(C(=O)OCC[Si](C)(C)C)c(/C=C/C[C@@H]2OC(C)(C)O[C@@H]2C(O)C#C[C@@H](Cc2ccccc2)C(C)C)c1. The van der Waals surface area contributed by atoms with E-state index in [1.165, 1.54) is 5.56 Å². The van der Waals surface area contributed by atoms with Gasteiger partial charge in [-0.2, -0.15) is 0 Å². The van der Waals surface area contributed by atoms with Crippen LogP contribution in [0, 0.1) is 37.5 Å². The third-order valence-electron chi connectivity index (χ3n) is 7.52. The number of benzene rings is 2. The van der Waals surface area contributed by atoms with Crippen LogP contribution in [-0.4, -0.2) is 49.9 Å². The molecule has 1 N–H and O–H groups in total. The van der Waals surface area contributed by atoms with Gasteiger partial charge in [-0.05, 0) is 69.2 Å². The maximum Gasteiger partial charge on any atom is 0.338 e. The molecule has 1 heterocycles. The van der Waals surface area contributed by atoms with E-state index in [-0.39, 0.29) is 18.0 Å². The number of aliphatic hydroxyl groups is 1. The molecule has 0 aromatic heterocycles. The molecule has 1 saturated heterocycles. The van der Waals surface area contributed by atoms with E-state index in [9.17, 15) is 9.90 Å². The average Bonchev–Trinajstić information content (AvgIpc) is 3.19. The van der Waals surface area contributed by atoms with Crippen LogP contribution < -0.4 is 0 Å². The molecule has 1 fully saturated rings. The standard InChI is InChI=1S/C36H50O5Si/c1-25(2)29(24-28-14-11-10-12-15-28)18-19-31(37)34-32(40-36(5,6)41-34)17-13-16-30-23-26(3)22-27(4)33(30)35(38)39-20-21-42(7,8)9/h10-16,22-23,25,29,31-32,34,37H,17,20-21,24H2,1-9H3/b16-13+/t29-,31?,32-,34+/m0/s1. The highest BCUT2D eigenvalue weighted by Gasteiger charge is 2.43. The number of hydrogen-bond acceptors (Lipinski definition) is 5. The van der Waals surface area contributed by atoms with Gasteiger partial charge in [-0.25, -0.2) is 4.79 Å². The number of carbonyl (C=O) groups is 1. The first-order valence-corrected chi connectivity index (χ1v) is 18.9. The third-order valence-corrected chi connectivity index (χ3v) is 9.22. The Morgan fingerprint density at radius 3 is 2.43 bits per heavy atom. The van der Waals surface area contributed by atoms with E-state index >= 15 is 0 Å². The van der Waals surface area contributed by atoms with Crippen molar-refractivity contribution in [3.8, 4) is 11.8 Å². The number of aryl methyl sites for hydroxylation is 2. The Kier molecular flexibility index (Phi) is 11.8. The second kappa shape index (κ2) is 14.7. The predicted octanol–water partition coefficient (Wildman–Crippen LogP) is 7.60. The molecule has 2 aromatic carbocycles. The van der Waals surface area contributed by atoms with Crippen molar-refractivity contribution in [2.45, 2.75) is 104 Å². The number of esters is 1. The summed E-state index contributed by atoms with van der Waals surface area (Å²) in [7, 11) is -1.31. The molecule has 1 unspecified atom stereocenters. The molecule has 42 heavy (non-hydrogen) atoms. The van der Waals surface area contributed by atoms with Gasteiger partial charge in [-0.3, -0.25) is 0 Å². The first-order valence-electron chi connectivity index (χ1n) is 15.2. The number of carbonyl (C=O) groups excluding carboxylic acids is 1. The Labute approximate surface area is 254 Å². The lowest BCUT2D eigenvalue weighted by molar-refractivity contribution is -0.151. The quantitative estimate of drug-likeness (QED) is 0.166.